The zero-order chi connectivity index (χ0) is 21.6. The van der Waals surface area contributed by atoms with E-state index >= 15 is 0 Å². The fraction of sp³-hybridized carbons (Fsp3) is 0. The van der Waals surface area contributed by atoms with E-state index in [-0.39, 0.29) is 50.9 Å². The Hall–Kier alpha value is -1.71. The molecule has 14 heteroatoms. The molecule has 0 spiro atoms. The van der Waals surface area contributed by atoms with Gasteiger partial charge in [0.1, 0.15) is 15.0 Å². The van der Waals surface area contributed by atoms with E-state index in [1.54, 1.807) is 6.07 Å². The van der Waals surface area contributed by atoms with Crippen LogP contribution in [0.5, 0.6) is 5.75 Å². The molecular formula is C16H12NNaO9S3. The van der Waals surface area contributed by atoms with Crippen LogP contribution in [-0.2, 0) is 30.4 Å². The maximum atomic E-state index is 12.5. The molecule has 0 atom stereocenters. The van der Waals surface area contributed by atoms with Crippen molar-refractivity contribution in [1.82, 2.24) is 0 Å². The molecule has 0 aliphatic carbocycles. The minimum Gasteiger partial charge on any atom is -0.744 e. The fourth-order valence-electron chi connectivity index (χ4n) is 2.57. The molecule has 0 saturated carbocycles. The monoisotopic (exact) mass is 481 g/mol. The standard InChI is InChI=1S/C16H13NO9S3.Na/c17-14-8-12(27(18,19)20)6-10-7-13(28(21,22)23)9-15(16(10)14)26-29(24,25)11-4-2-1-3-5-11;/h1-9H,17H2,(H,18,19,20)(H,21,22,23);/q;+1/p-1. The van der Waals surface area contributed by atoms with Gasteiger partial charge < -0.3 is 14.5 Å². The number of benzene rings is 3. The second-order valence-corrected chi connectivity index (χ2v) is 10.2. The van der Waals surface area contributed by atoms with Crippen molar-refractivity contribution in [3.63, 3.8) is 0 Å². The first-order valence-electron chi connectivity index (χ1n) is 7.59. The van der Waals surface area contributed by atoms with E-state index in [0.29, 0.717) is 6.07 Å². The van der Waals surface area contributed by atoms with Crippen molar-refractivity contribution in [2.75, 3.05) is 5.73 Å². The van der Waals surface area contributed by atoms with Crippen LogP contribution in [0.4, 0.5) is 5.69 Å². The number of fused-ring (bicyclic) bond motifs is 1. The zero-order valence-electron chi connectivity index (χ0n) is 15.2. The smallest absolute Gasteiger partial charge is 0.744 e. The Kier molecular flexibility index (Phi) is 6.90. The van der Waals surface area contributed by atoms with Crippen molar-refractivity contribution >= 4 is 46.8 Å². The molecule has 0 fully saturated rings. The summed E-state index contributed by atoms with van der Waals surface area (Å²) in [5.74, 6) is -0.597. The van der Waals surface area contributed by atoms with Crippen LogP contribution < -0.4 is 39.5 Å². The Morgan fingerprint density at radius 1 is 0.833 bits per heavy atom. The summed E-state index contributed by atoms with van der Waals surface area (Å²) in [4.78, 5) is -1.81. The maximum Gasteiger partial charge on any atom is 1.00 e. The Morgan fingerprint density at radius 3 is 1.93 bits per heavy atom. The first-order valence-corrected chi connectivity index (χ1v) is 11.8. The van der Waals surface area contributed by atoms with E-state index in [1.807, 2.05) is 0 Å². The van der Waals surface area contributed by atoms with E-state index in [9.17, 15) is 34.4 Å². The van der Waals surface area contributed by atoms with Crippen molar-refractivity contribution < 1.29 is 68.1 Å². The van der Waals surface area contributed by atoms with Gasteiger partial charge in [-0.15, -0.1) is 0 Å². The molecule has 154 valence electrons. The molecule has 0 heterocycles. The van der Waals surface area contributed by atoms with E-state index < -0.39 is 45.9 Å². The van der Waals surface area contributed by atoms with Gasteiger partial charge in [0, 0.05) is 17.1 Å². The van der Waals surface area contributed by atoms with Gasteiger partial charge in [-0.3, -0.25) is 4.55 Å². The summed E-state index contributed by atoms with van der Waals surface area (Å²) >= 11 is 0. The van der Waals surface area contributed by atoms with Crippen LogP contribution in [-0.4, -0.2) is 34.4 Å². The van der Waals surface area contributed by atoms with E-state index in [2.05, 4.69) is 0 Å². The van der Waals surface area contributed by atoms with Crippen LogP contribution in [0.15, 0.2) is 69.3 Å². The quantitative estimate of drug-likeness (QED) is 0.185. The van der Waals surface area contributed by atoms with Crippen LogP contribution >= 0.6 is 0 Å². The van der Waals surface area contributed by atoms with Gasteiger partial charge >= 0.3 is 39.7 Å². The number of rotatable bonds is 5. The summed E-state index contributed by atoms with van der Waals surface area (Å²) in [6.07, 6.45) is 0. The number of hydrogen-bond donors (Lipinski definition) is 2. The van der Waals surface area contributed by atoms with Gasteiger partial charge in [0.15, 0.2) is 5.75 Å². The molecule has 3 N–H and O–H groups in total. The minimum absolute atomic E-state index is 0. The Balaban J connectivity index is 0.00000320. The molecule has 0 radical (unpaired) electrons. The Bertz CT molecular complexity index is 1430. The van der Waals surface area contributed by atoms with Gasteiger partial charge in [-0.05, 0) is 35.7 Å². The summed E-state index contributed by atoms with van der Waals surface area (Å²) in [7, 11) is -14.2. The maximum absolute atomic E-state index is 12.5. The molecule has 0 aromatic heterocycles. The van der Waals surface area contributed by atoms with Crippen molar-refractivity contribution in [3.05, 3.63) is 54.6 Å². The number of nitrogen functional groups attached to an aromatic ring is 1. The van der Waals surface area contributed by atoms with Crippen LogP contribution in [0.1, 0.15) is 0 Å². The van der Waals surface area contributed by atoms with Gasteiger partial charge in [0.25, 0.3) is 10.1 Å². The number of nitrogens with two attached hydrogens (primary N) is 1. The third-order valence-corrected chi connectivity index (χ3v) is 6.70. The number of anilines is 1. The average Bonchev–Trinajstić information content (AvgIpc) is 2.60. The molecule has 10 nitrogen and oxygen atoms in total. The van der Waals surface area contributed by atoms with E-state index in [0.717, 1.165) is 18.2 Å². The minimum atomic E-state index is -5.08. The summed E-state index contributed by atoms with van der Waals surface area (Å²) in [6.45, 7) is 0. The third-order valence-electron chi connectivity index (χ3n) is 3.81. The van der Waals surface area contributed by atoms with Crippen molar-refractivity contribution in [2.24, 2.45) is 0 Å². The third kappa shape index (κ3) is 5.12. The van der Waals surface area contributed by atoms with Crippen LogP contribution in [0.3, 0.4) is 0 Å². The predicted octanol–water partition coefficient (Wildman–Crippen LogP) is -1.66. The second-order valence-electron chi connectivity index (χ2n) is 5.81. The average molecular weight is 481 g/mol. The molecule has 0 aliphatic rings. The second kappa shape index (κ2) is 8.43. The molecule has 0 amide bonds. The Morgan fingerprint density at radius 2 is 1.40 bits per heavy atom. The van der Waals surface area contributed by atoms with Crippen molar-refractivity contribution in [3.8, 4) is 5.75 Å². The summed E-state index contributed by atoms with van der Waals surface area (Å²) < 4.78 is 96.5. The van der Waals surface area contributed by atoms with Crippen molar-refractivity contribution in [1.29, 1.82) is 0 Å². The zero-order valence-corrected chi connectivity index (χ0v) is 19.7. The first kappa shape index (κ1) is 24.6. The van der Waals surface area contributed by atoms with Gasteiger partial charge in [0.05, 0.1) is 9.79 Å². The topological polar surface area (TPSA) is 181 Å². The predicted molar refractivity (Wildman–Crippen MR) is 100 cm³/mol. The molecule has 30 heavy (non-hydrogen) atoms. The molecular weight excluding hydrogens is 469 g/mol. The molecule has 3 aromatic rings. The normalized spacial score (nSPS) is 12.3. The fourth-order valence-corrected chi connectivity index (χ4v) is 4.60. The molecule has 0 unspecified atom stereocenters. The van der Waals surface area contributed by atoms with Gasteiger partial charge in [-0.25, -0.2) is 8.42 Å². The van der Waals surface area contributed by atoms with Gasteiger partial charge in [0.2, 0.25) is 0 Å². The first-order chi connectivity index (χ1) is 13.3. The molecule has 3 rings (SSSR count). The number of hydrogen-bond acceptors (Lipinski definition) is 9. The van der Waals surface area contributed by atoms with Gasteiger partial charge in [-0.2, -0.15) is 16.8 Å². The SMILES string of the molecule is Nc1cc(S(=O)(=O)O)cc2cc(S(=O)(=O)[O-])cc(OS(=O)(=O)c3ccccc3)c12.[Na+]. The summed E-state index contributed by atoms with van der Waals surface area (Å²) in [5, 5.41) is -0.405. The molecule has 0 bridgehead atoms. The Labute approximate surface area is 194 Å². The summed E-state index contributed by atoms with van der Waals surface area (Å²) in [5.41, 5.74) is 5.46. The molecule has 3 aromatic carbocycles. The summed E-state index contributed by atoms with van der Waals surface area (Å²) in [6, 6.07) is 10.0. The molecule has 0 aliphatic heterocycles. The van der Waals surface area contributed by atoms with Crippen LogP contribution in [0.2, 0.25) is 0 Å². The van der Waals surface area contributed by atoms with E-state index in [4.69, 9.17) is 9.92 Å². The molecule has 0 saturated heterocycles. The largest absolute Gasteiger partial charge is 1.00 e. The van der Waals surface area contributed by atoms with Gasteiger partial charge in [-0.1, -0.05) is 18.2 Å². The van der Waals surface area contributed by atoms with Crippen LogP contribution in [0.25, 0.3) is 10.8 Å². The van der Waals surface area contributed by atoms with Crippen molar-refractivity contribution in [2.45, 2.75) is 14.7 Å². The van der Waals surface area contributed by atoms with Crippen LogP contribution in [0, 0.1) is 0 Å². The van der Waals surface area contributed by atoms with E-state index in [1.165, 1.54) is 24.3 Å².